The third kappa shape index (κ3) is 35.0. The fourth-order valence-corrected chi connectivity index (χ4v) is 5.44. The van der Waals surface area contributed by atoms with Gasteiger partial charge in [-0.2, -0.15) is 0 Å². The SMILES string of the molecule is CC/C=C\C/C=C\C/C=C\C/C=C\C/C=C\CCCCCC(=O)OC(/C=C\CCCCCCC)CCCCCCC(=O)NC(CCCN)C(=O)O. The molecule has 0 aliphatic heterocycles. The van der Waals surface area contributed by atoms with Crippen LogP contribution in [0.3, 0.4) is 0 Å². The van der Waals surface area contributed by atoms with Crippen LogP contribution in [0.25, 0.3) is 0 Å². The number of esters is 1. The number of hydrogen-bond donors (Lipinski definition) is 3. The van der Waals surface area contributed by atoms with E-state index in [-0.39, 0.29) is 18.0 Å². The highest BCUT2D eigenvalue weighted by Crippen LogP contribution is 2.15. The average Bonchev–Trinajstić information content (AvgIpc) is 3.11. The van der Waals surface area contributed by atoms with Crippen molar-refractivity contribution in [3.05, 3.63) is 72.9 Å². The molecule has 0 rings (SSSR count). The third-order valence-electron chi connectivity index (χ3n) is 8.49. The van der Waals surface area contributed by atoms with Crippen LogP contribution in [0.4, 0.5) is 0 Å². The highest BCUT2D eigenvalue weighted by Gasteiger charge is 2.19. The Morgan fingerprint density at radius 3 is 1.75 bits per heavy atom. The molecular weight excluding hydrogens is 636 g/mol. The van der Waals surface area contributed by atoms with E-state index in [1.807, 2.05) is 0 Å². The lowest BCUT2D eigenvalue weighted by atomic mass is 10.1. The molecule has 0 spiro atoms. The molecule has 0 heterocycles. The number of carbonyl (C=O) groups excluding carboxylic acids is 2. The first kappa shape index (κ1) is 47.8. The van der Waals surface area contributed by atoms with Gasteiger partial charge in [0.05, 0.1) is 0 Å². The number of carboxylic acids is 1. The smallest absolute Gasteiger partial charge is 0.326 e. The highest BCUT2D eigenvalue weighted by molar-refractivity contribution is 5.83. The molecule has 1 amide bonds. The predicted octanol–water partition coefficient (Wildman–Crippen LogP) is 11.2. The van der Waals surface area contributed by atoms with Gasteiger partial charge in [0.25, 0.3) is 0 Å². The average molecular weight is 711 g/mol. The van der Waals surface area contributed by atoms with Crippen molar-refractivity contribution < 1.29 is 24.2 Å². The van der Waals surface area contributed by atoms with Crippen LogP contribution in [0.2, 0.25) is 0 Å². The van der Waals surface area contributed by atoms with Crippen LogP contribution in [0.15, 0.2) is 72.9 Å². The summed E-state index contributed by atoms with van der Waals surface area (Å²) in [5.41, 5.74) is 5.47. The zero-order valence-electron chi connectivity index (χ0n) is 32.4. The Balaban J connectivity index is 4.31. The van der Waals surface area contributed by atoms with Crippen LogP contribution in [-0.2, 0) is 19.1 Å². The molecule has 51 heavy (non-hydrogen) atoms. The van der Waals surface area contributed by atoms with Crippen molar-refractivity contribution in [1.82, 2.24) is 5.32 Å². The quantitative estimate of drug-likeness (QED) is 0.0342. The number of carboxylic acid groups (broad SMARTS) is 1. The van der Waals surface area contributed by atoms with Crippen molar-refractivity contribution in [3.63, 3.8) is 0 Å². The minimum Gasteiger partial charge on any atom is -0.480 e. The highest BCUT2D eigenvalue weighted by atomic mass is 16.5. The first-order chi connectivity index (χ1) is 24.9. The monoisotopic (exact) mass is 711 g/mol. The Morgan fingerprint density at radius 2 is 1.14 bits per heavy atom. The summed E-state index contributed by atoms with van der Waals surface area (Å²) in [4.78, 5) is 36.2. The standard InChI is InChI=1S/C44H74N2O5/c1-3-5-7-9-11-12-13-14-15-16-17-18-19-20-21-22-24-26-32-38-43(48)51-40(34-29-25-23-10-8-6-4-2)35-30-27-28-31-37-42(47)46-41(44(49)50)36-33-39-45/h5,7,11-12,14-15,17-18,20-21,29,34,40-41H,3-4,6,8-10,13,16,19,22-28,30-33,35-39,45H2,1-2H3,(H,46,47)(H,49,50)/b7-5-,12-11-,15-14-,18-17-,21-20-,34-29-. The van der Waals surface area contributed by atoms with Crippen LogP contribution in [0.1, 0.15) is 168 Å². The minimum absolute atomic E-state index is 0.123. The number of ether oxygens (including phenoxy) is 1. The summed E-state index contributed by atoms with van der Waals surface area (Å²) in [6, 6.07) is -0.876. The first-order valence-corrected chi connectivity index (χ1v) is 20.3. The minimum atomic E-state index is -1.02. The van der Waals surface area contributed by atoms with E-state index in [1.165, 1.54) is 25.7 Å². The largest absolute Gasteiger partial charge is 0.480 e. The number of nitrogens with one attached hydrogen (secondary N) is 1. The Hall–Kier alpha value is -3.19. The van der Waals surface area contributed by atoms with Gasteiger partial charge in [-0.1, -0.05) is 126 Å². The maximum Gasteiger partial charge on any atom is 0.326 e. The summed E-state index contributed by atoms with van der Waals surface area (Å²) < 4.78 is 5.89. The van der Waals surface area contributed by atoms with Crippen LogP contribution < -0.4 is 11.1 Å². The van der Waals surface area contributed by atoms with E-state index in [0.29, 0.717) is 38.6 Å². The number of amides is 1. The van der Waals surface area contributed by atoms with Crippen molar-refractivity contribution in [3.8, 4) is 0 Å². The van der Waals surface area contributed by atoms with Gasteiger partial charge in [-0.25, -0.2) is 4.79 Å². The molecule has 0 fully saturated rings. The number of allylic oxidation sites excluding steroid dienone is 11. The molecule has 0 aromatic heterocycles. The zero-order valence-corrected chi connectivity index (χ0v) is 32.4. The maximum absolute atomic E-state index is 12.7. The summed E-state index contributed by atoms with van der Waals surface area (Å²) in [6.07, 6.45) is 48.2. The molecule has 290 valence electrons. The number of aliphatic carboxylic acids is 1. The fraction of sp³-hybridized carbons (Fsp3) is 0.659. The van der Waals surface area contributed by atoms with Gasteiger partial charge in [-0.3, -0.25) is 9.59 Å². The van der Waals surface area contributed by atoms with Gasteiger partial charge in [0.2, 0.25) is 5.91 Å². The van der Waals surface area contributed by atoms with Crippen LogP contribution in [0, 0.1) is 0 Å². The molecule has 2 unspecified atom stereocenters. The number of unbranched alkanes of at least 4 members (excludes halogenated alkanes) is 11. The van der Waals surface area contributed by atoms with Gasteiger partial charge >= 0.3 is 11.9 Å². The van der Waals surface area contributed by atoms with Gasteiger partial charge in [0.1, 0.15) is 12.1 Å². The molecule has 0 saturated carbocycles. The summed E-state index contributed by atoms with van der Waals surface area (Å²) in [5, 5.41) is 11.9. The second-order valence-corrected chi connectivity index (χ2v) is 13.3. The van der Waals surface area contributed by atoms with Gasteiger partial charge in [0.15, 0.2) is 0 Å². The third-order valence-corrected chi connectivity index (χ3v) is 8.49. The van der Waals surface area contributed by atoms with E-state index >= 15 is 0 Å². The number of nitrogens with two attached hydrogens (primary N) is 1. The Kier molecular flexibility index (Phi) is 35.7. The van der Waals surface area contributed by atoms with Crippen molar-refractivity contribution in [2.24, 2.45) is 5.73 Å². The van der Waals surface area contributed by atoms with E-state index in [4.69, 9.17) is 10.5 Å². The molecule has 0 aromatic carbocycles. The topological polar surface area (TPSA) is 119 Å². The summed E-state index contributed by atoms with van der Waals surface area (Å²) in [7, 11) is 0. The molecule has 7 heteroatoms. The van der Waals surface area contributed by atoms with E-state index in [9.17, 15) is 19.5 Å². The Labute approximate surface area is 312 Å². The Bertz CT molecular complexity index is 1030. The van der Waals surface area contributed by atoms with E-state index in [1.54, 1.807) is 0 Å². The van der Waals surface area contributed by atoms with Crippen LogP contribution in [0.5, 0.6) is 0 Å². The van der Waals surface area contributed by atoms with Crippen molar-refractivity contribution in [1.29, 1.82) is 0 Å². The van der Waals surface area contributed by atoms with E-state index in [2.05, 4.69) is 92.1 Å². The van der Waals surface area contributed by atoms with Crippen molar-refractivity contribution >= 4 is 17.8 Å². The molecule has 2 atom stereocenters. The van der Waals surface area contributed by atoms with Gasteiger partial charge in [0, 0.05) is 12.8 Å². The summed E-state index contributed by atoms with van der Waals surface area (Å²) in [5.74, 6) is -1.37. The predicted molar refractivity (Wildman–Crippen MR) is 215 cm³/mol. The van der Waals surface area contributed by atoms with E-state index in [0.717, 1.165) is 96.3 Å². The normalized spacial score (nSPS) is 13.5. The fourth-order valence-electron chi connectivity index (χ4n) is 5.44. The van der Waals surface area contributed by atoms with Crippen LogP contribution >= 0.6 is 0 Å². The number of rotatable bonds is 35. The zero-order chi connectivity index (χ0) is 37.5. The number of hydrogen-bond acceptors (Lipinski definition) is 5. The van der Waals surface area contributed by atoms with Crippen molar-refractivity contribution in [2.45, 2.75) is 180 Å². The van der Waals surface area contributed by atoms with E-state index < -0.39 is 12.0 Å². The lowest BCUT2D eigenvalue weighted by molar-refractivity contribution is -0.147. The van der Waals surface area contributed by atoms with Gasteiger partial charge in [-0.15, -0.1) is 0 Å². The number of carbonyl (C=O) groups is 3. The molecule has 0 aromatic rings. The second kappa shape index (κ2) is 38.1. The molecule has 0 bridgehead atoms. The molecule has 0 aliphatic carbocycles. The molecule has 0 radical (unpaired) electrons. The molecule has 7 nitrogen and oxygen atoms in total. The first-order valence-electron chi connectivity index (χ1n) is 20.3. The van der Waals surface area contributed by atoms with Crippen LogP contribution in [-0.4, -0.2) is 41.6 Å². The molecule has 0 aliphatic rings. The van der Waals surface area contributed by atoms with Gasteiger partial charge < -0.3 is 20.9 Å². The summed E-state index contributed by atoms with van der Waals surface area (Å²) >= 11 is 0. The maximum atomic E-state index is 12.7. The second-order valence-electron chi connectivity index (χ2n) is 13.3. The lowest BCUT2D eigenvalue weighted by Crippen LogP contribution is -2.40. The summed E-state index contributed by atoms with van der Waals surface area (Å²) in [6.45, 7) is 4.77. The van der Waals surface area contributed by atoms with Gasteiger partial charge in [-0.05, 0) is 109 Å². The molecule has 0 saturated heterocycles. The molecule has 4 N–H and O–H groups in total. The Morgan fingerprint density at radius 1 is 0.608 bits per heavy atom. The molecular formula is C44H74N2O5. The lowest BCUT2D eigenvalue weighted by Gasteiger charge is -2.15. The van der Waals surface area contributed by atoms with Crippen molar-refractivity contribution in [2.75, 3.05) is 6.54 Å².